The second-order valence-corrected chi connectivity index (χ2v) is 8.59. The van der Waals surface area contributed by atoms with Crippen molar-refractivity contribution in [2.75, 3.05) is 34.8 Å². The van der Waals surface area contributed by atoms with E-state index in [1.165, 1.54) is 5.69 Å². The molecule has 2 aliphatic heterocycles. The summed E-state index contributed by atoms with van der Waals surface area (Å²) in [4.78, 5) is 38.9. The summed E-state index contributed by atoms with van der Waals surface area (Å²) in [5, 5.41) is 17.7. The SMILES string of the molecule is Cc1nc2nc(C)c(NC(=O)N3CCc4c(N5C[C@@H](C)N[C@@H](C)C5)ccnc43)cn2n1.O=CO. The first-order chi connectivity index (χ1) is 16.3. The molecule has 0 radical (unpaired) electrons. The fraction of sp³-hybridized carbons (Fsp3) is 0.455. The molecule has 0 unspecified atom stereocenters. The van der Waals surface area contributed by atoms with Gasteiger partial charge in [0.25, 0.3) is 12.2 Å². The van der Waals surface area contributed by atoms with Crippen LogP contribution in [-0.4, -0.2) is 73.9 Å². The van der Waals surface area contributed by atoms with Gasteiger partial charge in [-0.05, 0) is 40.2 Å². The lowest BCUT2D eigenvalue weighted by Gasteiger charge is -2.38. The Labute approximate surface area is 197 Å². The molecule has 1 saturated heterocycles. The van der Waals surface area contributed by atoms with Crippen molar-refractivity contribution in [3.8, 4) is 0 Å². The van der Waals surface area contributed by atoms with Crippen LogP contribution in [-0.2, 0) is 11.2 Å². The predicted octanol–water partition coefficient (Wildman–Crippen LogP) is 1.62. The highest BCUT2D eigenvalue weighted by Crippen LogP contribution is 2.35. The quantitative estimate of drug-likeness (QED) is 0.479. The zero-order valence-electron chi connectivity index (χ0n) is 19.7. The highest BCUT2D eigenvalue weighted by molar-refractivity contribution is 6.03. The summed E-state index contributed by atoms with van der Waals surface area (Å²) >= 11 is 0. The maximum atomic E-state index is 13.1. The molecular weight excluding hydrogens is 438 g/mol. The summed E-state index contributed by atoms with van der Waals surface area (Å²) in [6.45, 7) is 10.3. The van der Waals surface area contributed by atoms with Crippen LogP contribution in [0.3, 0.4) is 0 Å². The molecule has 5 rings (SSSR count). The molecule has 5 heterocycles. The summed E-state index contributed by atoms with van der Waals surface area (Å²) < 4.78 is 1.58. The number of aromatic nitrogens is 5. The van der Waals surface area contributed by atoms with Gasteiger partial charge in [-0.3, -0.25) is 9.69 Å². The van der Waals surface area contributed by atoms with Gasteiger partial charge in [0.15, 0.2) is 0 Å². The number of carbonyl (C=O) groups is 2. The van der Waals surface area contributed by atoms with E-state index >= 15 is 0 Å². The molecule has 12 nitrogen and oxygen atoms in total. The van der Waals surface area contributed by atoms with Crippen LogP contribution < -0.4 is 20.4 Å². The number of nitrogens with one attached hydrogen (secondary N) is 2. The molecule has 2 aliphatic rings. The monoisotopic (exact) mass is 467 g/mol. The van der Waals surface area contributed by atoms with Crippen molar-refractivity contribution >= 4 is 35.5 Å². The first-order valence-electron chi connectivity index (χ1n) is 11.2. The van der Waals surface area contributed by atoms with E-state index in [2.05, 4.69) is 55.5 Å². The average molecular weight is 468 g/mol. The minimum absolute atomic E-state index is 0.216. The van der Waals surface area contributed by atoms with Gasteiger partial charge in [-0.2, -0.15) is 10.1 Å². The number of amides is 2. The van der Waals surface area contributed by atoms with Gasteiger partial charge in [-0.15, -0.1) is 0 Å². The van der Waals surface area contributed by atoms with Crippen LogP contribution in [0.25, 0.3) is 5.78 Å². The number of aryl methyl sites for hydroxylation is 2. The highest BCUT2D eigenvalue weighted by atomic mass is 16.3. The number of rotatable bonds is 2. The van der Waals surface area contributed by atoms with Gasteiger partial charge >= 0.3 is 6.03 Å². The minimum atomic E-state index is -0.250. The number of urea groups is 1. The van der Waals surface area contributed by atoms with Gasteiger partial charge in [0, 0.05) is 49.2 Å². The number of nitrogens with zero attached hydrogens (tertiary/aromatic N) is 7. The third-order valence-corrected chi connectivity index (χ3v) is 5.86. The maximum absolute atomic E-state index is 13.1. The lowest BCUT2D eigenvalue weighted by atomic mass is 10.1. The van der Waals surface area contributed by atoms with Gasteiger partial charge in [-0.25, -0.2) is 19.3 Å². The van der Waals surface area contributed by atoms with Gasteiger partial charge in [0.05, 0.1) is 17.6 Å². The van der Waals surface area contributed by atoms with Crippen LogP contribution in [0, 0.1) is 13.8 Å². The van der Waals surface area contributed by atoms with E-state index in [0.717, 1.165) is 30.9 Å². The Balaban J connectivity index is 0.000000868. The number of anilines is 3. The van der Waals surface area contributed by atoms with Crippen molar-refractivity contribution < 1.29 is 14.7 Å². The van der Waals surface area contributed by atoms with Crippen LogP contribution in [0.1, 0.15) is 30.9 Å². The Hall–Kier alpha value is -3.80. The molecule has 180 valence electrons. The molecule has 3 aromatic rings. The van der Waals surface area contributed by atoms with E-state index in [9.17, 15) is 4.79 Å². The Morgan fingerprint density at radius 1 is 1.24 bits per heavy atom. The standard InChI is InChI=1S/C21H27N9O.CH2O2/c1-12-9-28(10-13(2)23-12)18-5-7-22-19-16(18)6-8-29(19)21(31)26-17-11-30-20(24-14(17)3)25-15(4)27-30;2-1-3/h5,7,11-13,23H,6,8-10H2,1-4H3,(H,26,31);1H,(H,2,3)/t12-,13+;. The second kappa shape index (κ2) is 9.59. The molecule has 34 heavy (non-hydrogen) atoms. The van der Waals surface area contributed by atoms with Gasteiger partial charge in [0.1, 0.15) is 11.6 Å². The average Bonchev–Trinajstić information content (AvgIpc) is 3.36. The Bertz CT molecular complexity index is 1200. The van der Waals surface area contributed by atoms with E-state index in [1.807, 2.05) is 13.8 Å². The summed E-state index contributed by atoms with van der Waals surface area (Å²) in [6.07, 6.45) is 4.34. The number of fused-ring (bicyclic) bond motifs is 2. The molecule has 3 aromatic heterocycles. The third kappa shape index (κ3) is 4.62. The summed E-state index contributed by atoms with van der Waals surface area (Å²) in [5.41, 5.74) is 3.61. The Morgan fingerprint density at radius 2 is 1.94 bits per heavy atom. The topological polar surface area (TPSA) is 141 Å². The lowest BCUT2D eigenvalue weighted by molar-refractivity contribution is -0.122. The van der Waals surface area contributed by atoms with Crippen molar-refractivity contribution in [2.45, 2.75) is 46.2 Å². The normalized spacial score (nSPS) is 19.4. The molecule has 1 fully saturated rings. The molecule has 12 heteroatoms. The number of pyridine rings is 1. The molecular formula is C22H29N9O3. The van der Waals surface area contributed by atoms with Crippen molar-refractivity contribution in [2.24, 2.45) is 0 Å². The molecule has 0 bridgehead atoms. The fourth-order valence-corrected chi connectivity index (χ4v) is 4.60. The molecule has 0 saturated carbocycles. The van der Waals surface area contributed by atoms with Gasteiger partial charge < -0.3 is 20.6 Å². The molecule has 0 aliphatic carbocycles. The number of piperazine rings is 1. The van der Waals surface area contributed by atoms with Crippen LogP contribution in [0.4, 0.5) is 22.0 Å². The third-order valence-electron chi connectivity index (χ3n) is 5.86. The molecule has 2 amide bonds. The zero-order valence-corrected chi connectivity index (χ0v) is 19.7. The molecule has 0 spiro atoms. The minimum Gasteiger partial charge on any atom is -0.483 e. The summed E-state index contributed by atoms with van der Waals surface area (Å²) in [6, 6.07) is 2.69. The van der Waals surface area contributed by atoms with Crippen LogP contribution in [0.5, 0.6) is 0 Å². The highest BCUT2D eigenvalue weighted by Gasteiger charge is 2.31. The van der Waals surface area contributed by atoms with Crippen molar-refractivity contribution in [3.05, 3.63) is 35.5 Å². The van der Waals surface area contributed by atoms with E-state index in [4.69, 9.17) is 9.90 Å². The van der Waals surface area contributed by atoms with Crippen LogP contribution in [0.15, 0.2) is 18.5 Å². The van der Waals surface area contributed by atoms with Crippen LogP contribution in [0.2, 0.25) is 0 Å². The van der Waals surface area contributed by atoms with E-state index in [0.29, 0.717) is 41.6 Å². The van der Waals surface area contributed by atoms with Crippen molar-refractivity contribution in [1.82, 2.24) is 29.9 Å². The Kier molecular flexibility index (Phi) is 6.59. The van der Waals surface area contributed by atoms with E-state index < -0.39 is 0 Å². The van der Waals surface area contributed by atoms with E-state index in [-0.39, 0.29) is 12.5 Å². The lowest BCUT2D eigenvalue weighted by Crippen LogP contribution is -2.54. The van der Waals surface area contributed by atoms with Crippen LogP contribution >= 0.6 is 0 Å². The largest absolute Gasteiger partial charge is 0.483 e. The smallest absolute Gasteiger partial charge is 0.327 e. The summed E-state index contributed by atoms with van der Waals surface area (Å²) in [7, 11) is 0. The number of hydrogen-bond acceptors (Lipinski definition) is 8. The first-order valence-corrected chi connectivity index (χ1v) is 11.2. The summed E-state index contributed by atoms with van der Waals surface area (Å²) in [5.74, 6) is 1.89. The molecule has 0 aromatic carbocycles. The maximum Gasteiger partial charge on any atom is 0.327 e. The van der Waals surface area contributed by atoms with Crippen molar-refractivity contribution in [3.63, 3.8) is 0 Å². The van der Waals surface area contributed by atoms with E-state index in [1.54, 1.807) is 21.8 Å². The first kappa shape index (κ1) is 23.4. The Morgan fingerprint density at radius 3 is 2.65 bits per heavy atom. The molecule has 3 N–H and O–H groups in total. The van der Waals surface area contributed by atoms with Gasteiger partial charge in [-0.1, -0.05) is 0 Å². The predicted molar refractivity (Wildman–Crippen MR) is 128 cm³/mol. The second-order valence-electron chi connectivity index (χ2n) is 8.59. The number of carboxylic acid groups (broad SMARTS) is 1. The van der Waals surface area contributed by atoms with Crippen molar-refractivity contribution in [1.29, 1.82) is 0 Å². The molecule has 2 atom stereocenters. The number of hydrogen-bond donors (Lipinski definition) is 3. The van der Waals surface area contributed by atoms with Gasteiger partial charge in [0.2, 0.25) is 0 Å². The zero-order chi connectivity index (χ0) is 24.4. The number of carbonyl (C=O) groups excluding carboxylic acids is 1. The fourth-order valence-electron chi connectivity index (χ4n) is 4.60.